The number of benzene rings is 8. The molecule has 11 aromatic rings. The highest BCUT2D eigenvalue weighted by molar-refractivity contribution is 6.16. The van der Waals surface area contributed by atoms with Gasteiger partial charge in [-0.25, -0.2) is 0 Å². The molecule has 0 radical (unpaired) electrons. The Hall–Kier alpha value is -6.84. The van der Waals surface area contributed by atoms with Crippen molar-refractivity contribution in [3.63, 3.8) is 0 Å². The lowest BCUT2D eigenvalue weighted by Crippen LogP contribution is -2.00. The second kappa shape index (κ2) is 10.8. The predicted octanol–water partition coefficient (Wildman–Crippen LogP) is 12.6. The second-order valence-electron chi connectivity index (χ2n) is 11.0. The van der Waals surface area contributed by atoms with Crippen LogP contribution in [0.1, 0.15) is 42.5 Å². The second-order valence-corrected chi connectivity index (χ2v) is 11.0. The fourth-order valence-corrected chi connectivity index (χ4v) is 6.34. The maximum absolute atomic E-state index is 10.2. The molecule has 0 aliphatic carbocycles. The Bertz CT molecular complexity index is 4800. The largest absolute Gasteiger partial charge is 0.309 e. The highest BCUT2D eigenvalue weighted by Crippen LogP contribution is 2.41. The van der Waals surface area contributed by atoms with Crippen LogP contribution in [0.3, 0.4) is 0 Å². The average Bonchev–Trinajstić information content (AvgIpc) is 1.87. The standard InChI is InChI=1S/C48H31N3/c1-2-13-32(14-3-1)33-25-27-34(28-26-33)49-42-20-8-7-18-39(42)41-31-35(29-30-46(41)49)50-43-21-9-6-17-38(43)40-19-12-24-47(48(40)50)51-44-22-10-4-15-36(44)37-16-5-11-23-45(37)51/h1-31H/i1D,2D,3D,4D,5D,6D,7D,8D,9D,10D,11D,12D,13D,14D,15D,16D,17D,18D,19D,20D,21D,22D,23D,24D,25D,26D,27D,28D,29D,30D,31D. The molecule has 3 aromatic heterocycles. The van der Waals surface area contributed by atoms with Crippen molar-refractivity contribution in [1.29, 1.82) is 0 Å². The first-order valence-corrected chi connectivity index (χ1v) is 15.0. The lowest BCUT2D eigenvalue weighted by atomic mass is 10.1. The summed E-state index contributed by atoms with van der Waals surface area (Å²) < 4.78 is 283. The quantitative estimate of drug-likeness (QED) is 0.176. The van der Waals surface area contributed by atoms with E-state index >= 15 is 0 Å². The van der Waals surface area contributed by atoms with Crippen molar-refractivity contribution in [2.45, 2.75) is 0 Å². The molecular formula is C48H31N3. The number of aromatic nitrogens is 3. The first-order chi connectivity index (χ1) is 38.2. The summed E-state index contributed by atoms with van der Waals surface area (Å²) in [7, 11) is 0. The molecule has 0 bridgehead atoms. The van der Waals surface area contributed by atoms with Crippen LogP contribution in [0.25, 0.3) is 93.6 Å². The van der Waals surface area contributed by atoms with Crippen LogP contribution >= 0.6 is 0 Å². The number of nitrogens with zero attached hydrogens (tertiary/aromatic N) is 3. The van der Waals surface area contributed by atoms with E-state index in [-0.39, 0.29) is 0 Å². The van der Waals surface area contributed by atoms with Gasteiger partial charge < -0.3 is 13.7 Å². The van der Waals surface area contributed by atoms with Gasteiger partial charge in [-0.15, -0.1) is 0 Å². The Kier molecular flexibility index (Phi) is 2.41. The molecule has 0 N–H and O–H groups in total. The Morgan fingerprint density at radius 3 is 1.39 bits per heavy atom. The maximum atomic E-state index is 10.2. The molecule has 0 atom stereocenters. The van der Waals surface area contributed by atoms with Crippen LogP contribution in [0, 0.1) is 0 Å². The minimum Gasteiger partial charge on any atom is -0.309 e. The molecule has 3 heterocycles. The number of rotatable bonds is 4. The molecule has 11 rings (SSSR count). The zero-order valence-electron chi connectivity index (χ0n) is 56.3. The van der Waals surface area contributed by atoms with Gasteiger partial charge in [0.1, 0.15) is 0 Å². The van der Waals surface area contributed by atoms with E-state index in [2.05, 4.69) is 0 Å². The molecule has 3 heteroatoms. The summed E-state index contributed by atoms with van der Waals surface area (Å²) in [5.74, 6) is 0. The first kappa shape index (κ1) is 11.3. The van der Waals surface area contributed by atoms with E-state index in [0.717, 1.165) is 4.57 Å². The molecule has 0 saturated carbocycles. The lowest BCUT2D eigenvalue weighted by molar-refractivity contribution is 1.13. The number of hydrogen-bond donors (Lipinski definition) is 0. The van der Waals surface area contributed by atoms with Crippen molar-refractivity contribution in [3.8, 4) is 28.2 Å². The summed E-state index contributed by atoms with van der Waals surface area (Å²) in [6.07, 6.45) is 0. The minimum atomic E-state index is -1.15. The van der Waals surface area contributed by atoms with E-state index in [4.69, 9.17) is 20.6 Å². The third-order valence-corrected chi connectivity index (χ3v) is 8.40. The van der Waals surface area contributed by atoms with E-state index in [1.165, 1.54) is 0 Å². The van der Waals surface area contributed by atoms with Gasteiger partial charge in [0.25, 0.3) is 0 Å². The van der Waals surface area contributed by atoms with Crippen LogP contribution in [-0.4, -0.2) is 13.7 Å². The summed E-state index contributed by atoms with van der Waals surface area (Å²) in [5.41, 5.74) is -8.49. The van der Waals surface area contributed by atoms with Crippen molar-refractivity contribution >= 4 is 65.4 Å². The van der Waals surface area contributed by atoms with Crippen LogP contribution < -0.4 is 0 Å². The van der Waals surface area contributed by atoms with E-state index in [1.54, 1.807) is 0 Å². The van der Waals surface area contributed by atoms with E-state index < -0.39 is 281 Å². The van der Waals surface area contributed by atoms with Gasteiger partial charge in [-0.05, 0) is 71.6 Å². The SMILES string of the molecule is [2H]c1c([2H])c([2H])c(-c2c([2H])c([2H])c(-n3c4c([2H])c([2H])c([2H])c([2H])c4c4c([2H])c(-n5c6c([2H])c([2H])c([2H])c([2H])c6c6c([2H])c([2H])c([2H])c(-n7c8c([2H])c([2H])c([2H])c([2H])c8c8c([2H])c([2H])c([2H])c([2H])c87)c65)c([2H])c([2H])c43)c([2H])c2[2H])c([2H])c1[2H]. The number of hydrogen-bond acceptors (Lipinski definition) is 0. The molecule has 0 spiro atoms. The molecule has 3 nitrogen and oxygen atoms in total. The molecule has 0 unspecified atom stereocenters. The van der Waals surface area contributed by atoms with Crippen LogP contribution in [-0.2, 0) is 0 Å². The molecule has 0 aliphatic rings. The molecule has 51 heavy (non-hydrogen) atoms. The molecule has 0 fully saturated rings. The van der Waals surface area contributed by atoms with Gasteiger partial charge in [-0.2, -0.15) is 0 Å². The van der Waals surface area contributed by atoms with Crippen LogP contribution in [0.15, 0.2) is 187 Å². The van der Waals surface area contributed by atoms with Crippen molar-refractivity contribution in [2.75, 3.05) is 0 Å². The zero-order valence-corrected chi connectivity index (χ0v) is 25.3. The minimum absolute atomic E-state index is 0.538. The highest BCUT2D eigenvalue weighted by Gasteiger charge is 2.21. The van der Waals surface area contributed by atoms with Crippen molar-refractivity contribution in [1.82, 2.24) is 13.7 Å². The van der Waals surface area contributed by atoms with Gasteiger partial charge in [0.05, 0.1) is 81.3 Å². The molecule has 0 amide bonds. The van der Waals surface area contributed by atoms with Gasteiger partial charge in [-0.1, -0.05) is 127 Å². The smallest absolute Gasteiger partial charge is 0.0782 e. The normalized spacial score (nSPS) is 20.4. The Morgan fingerprint density at radius 1 is 0.294 bits per heavy atom. The van der Waals surface area contributed by atoms with E-state index in [1.807, 2.05) is 0 Å². The van der Waals surface area contributed by atoms with Crippen LogP contribution in [0.5, 0.6) is 0 Å². The summed E-state index contributed by atoms with van der Waals surface area (Å²) >= 11 is 0. The zero-order chi connectivity index (χ0) is 60.4. The Balaban J connectivity index is 1.42. The van der Waals surface area contributed by atoms with Gasteiger partial charge in [0, 0.05) is 43.7 Å². The number of para-hydroxylation sites is 5. The lowest BCUT2D eigenvalue weighted by Gasteiger charge is -2.15. The summed E-state index contributed by atoms with van der Waals surface area (Å²) in [4.78, 5) is 0. The third-order valence-electron chi connectivity index (χ3n) is 8.40. The van der Waals surface area contributed by atoms with Gasteiger partial charge in [0.2, 0.25) is 0 Å². The van der Waals surface area contributed by atoms with Gasteiger partial charge in [0.15, 0.2) is 0 Å². The average molecular weight is 681 g/mol. The highest BCUT2D eigenvalue weighted by atomic mass is 15.1. The van der Waals surface area contributed by atoms with E-state index in [9.17, 15) is 21.9 Å². The topological polar surface area (TPSA) is 14.8 Å². The monoisotopic (exact) mass is 680 g/mol. The van der Waals surface area contributed by atoms with Crippen LogP contribution in [0.4, 0.5) is 0 Å². The predicted molar refractivity (Wildman–Crippen MR) is 215 cm³/mol. The molecule has 8 aromatic carbocycles. The summed E-state index contributed by atoms with van der Waals surface area (Å²) in [6.45, 7) is 0. The fourth-order valence-electron chi connectivity index (χ4n) is 6.34. The van der Waals surface area contributed by atoms with E-state index in [0.29, 0.717) is 9.13 Å². The Morgan fingerprint density at radius 2 is 0.745 bits per heavy atom. The van der Waals surface area contributed by atoms with Crippen molar-refractivity contribution < 1.29 is 42.5 Å². The molecular weight excluding hydrogens is 619 g/mol. The van der Waals surface area contributed by atoms with Gasteiger partial charge in [-0.3, -0.25) is 0 Å². The maximum Gasteiger partial charge on any atom is 0.0782 e. The first-order valence-electron chi connectivity index (χ1n) is 30.5. The molecule has 0 aliphatic heterocycles. The summed E-state index contributed by atoms with van der Waals surface area (Å²) in [6, 6.07) is -29.9. The summed E-state index contributed by atoms with van der Waals surface area (Å²) in [5, 5.41) is -3.78. The molecule has 0 saturated heterocycles. The Labute approximate surface area is 338 Å². The van der Waals surface area contributed by atoms with Crippen molar-refractivity contribution in [2.24, 2.45) is 0 Å². The van der Waals surface area contributed by atoms with Crippen LogP contribution in [0.2, 0.25) is 0 Å². The number of fused-ring (bicyclic) bond motifs is 9. The van der Waals surface area contributed by atoms with Gasteiger partial charge >= 0.3 is 0 Å². The molecule has 238 valence electrons. The fraction of sp³-hybridized carbons (Fsp3) is 0. The third kappa shape index (κ3) is 4.06. The van der Waals surface area contributed by atoms with Crippen molar-refractivity contribution in [3.05, 3.63) is 187 Å².